The topological polar surface area (TPSA) is 12.0 Å². The summed E-state index contributed by atoms with van der Waals surface area (Å²) in [5, 5.41) is 3.57. The van der Waals surface area contributed by atoms with Crippen LogP contribution in [-0.4, -0.2) is 0 Å². The largest absolute Gasteiger partial charge is 0.306 e. The first-order chi connectivity index (χ1) is 7.83. The molecule has 3 rings (SSSR count). The summed E-state index contributed by atoms with van der Waals surface area (Å²) in [6, 6.07) is 13.5. The van der Waals surface area contributed by atoms with Crippen LogP contribution >= 0.6 is 27.3 Å². The van der Waals surface area contributed by atoms with Crippen molar-refractivity contribution >= 4 is 27.3 Å². The van der Waals surface area contributed by atoms with Gasteiger partial charge < -0.3 is 5.32 Å². The summed E-state index contributed by atoms with van der Waals surface area (Å²) in [5.41, 5.74) is 2.91. The minimum absolute atomic E-state index is 0.488. The highest BCUT2D eigenvalue weighted by molar-refractivity contribution is 9.11. The molecule has 16 heavy (non-hydrogen) atoms. The summed E-state index contributed by atoms with van der Waals surface area (Å²) in [5.74, 6) is 0. The zero-order valence-corrected chi connectivity index (χ0v) is 11.1. The number of nitrogens with one attached hydrogen (secondary N) is 1. The molecule has 0 saturated carbocycles. The third-order valence-electron chi connectivity index (χ3n) is 3.00. The Kier molecular flexibility index (Phi) is 2.84. The molecule has 1 atom stereocenters. The molecule has 0 radical (unpaired) electrons. The molecule has 1 aliphatic rings. The number of benzene rings is 1. The van der Waals surface area contributed by atoms with Crippen LogP contribution in [0.3, 0.4) is 0 Å². The maximum atomic E-state index is 3.57. The Balaban J connectivity index is 1.83. The van der Waals surface area contributed by atoms with Gasteiger partial charge in [0.2, 0.25) is 0 Å². The number of fused-ring (bicyclic) bond motifs is 1. The monoisotopic (exact) mass is 293 g/mol. The molecule has 1 aliphatic heterocycles. The highest BCUT2D eigenvalue weighted by Crippen LogP contribution is 2.31. The van der Waals surface area contributed by atoms with E-state index in [1.807, 2.05) is 11.3 Å². The van der Waals surface area contributed by atoms with Gasteiger partial charge in [-0.15, -0.1) is 11.3 Å². The van der Waals surface area contributed by atoms with E-state index < -0.39 is 0 Å². The molecule has 0 amide bonds. The summed E-state index contributed by atoms with van der Waals surface area (Å²) < 4.78 is 1.22. The predicted octanol–water partition coefficient (Wildman–Crippen LogP) is 3.90. The lowest BCUT2D eigenvalue weighted by atomic mass is 10.0. The van der Waals surface area contributed by atoms with Crippen LogP contribution in [0.15, 0.2) is 40.2 Å². The molecule has 82 valence electrons. The quantitative estimate of drug-likeness (QED) is 0.886. The first kappa shape index (κ1) is 10.5. The first-order valence-electron chi connectivity index (χ1n) is 5.38. The van der Waals surface area contributed by atoms with Crippen LogP contribution in [-0.2, 0) is 13.0 Å². The van der Waals surface area contributed by atoms with Crippen LogP contribution in [0.1, 0.15) is 22.0 Å². The van der Waals surface area contributed by atoms with Crippen LogP contribution in [0.2, 0.25) is 0 Å². The molecule has 1 nitrogen and oxygen atoms in total. The van der Waals surface area contributed by atoms with Crippen molar-refractivity contribution in [3.8, 4) is 0 Å². The molecule has 2 aromatic rings. The fourth-order valence-corrected chi connectivity index (χ4v) is 3.75. The predicted molar refractivity (Wildman–Crippen MR) is 71.7 cm³/mol. The van der Waals surface area contributed by atoms with Crippen LogP contribution in [0.4, 0.5) is 0 Å². The van der Waals surface area contributed by atoms with E-state index in [4.69, 9.17) is 0 Å². The second-order valence-corrected chi connectivity index (χ2v) is 6.59. The lowest BCUT2D eigenvalue weighted by Gasteiger charge is -2.10. The lowest BCUT2D eigenvalue weighted by Crippen LogP contribution is -2.13. The maximum absolute atomic E-state index is 3.57. The highest BCUT2D eigenvalue weighted by Gasteiger charge is 2.21. The average Bonchev–Trinajstić information content (AvgIpc) is 2.87. The molecule has 0 fully saturated rings. The molecule has 0 saturated heterocycles. The fraction of sp³-hybridized carbons (Fsp3) is 0.231. The maximum Gasteiger partial charge on any atom is 0.0701 e. The molecule has 1 aromatic carbocycles. The third kappa shape index (κ3) is 1.95. The van der Waals surface area contributed by atoms with Crippen molar-refractivity contribution in [2.75, 3.05) is 0 Å². The Morgan fingerprint density at radius 3 is 2.94 bits per heavy atom. The molecule has 2 heterocycles. The Hall–Kier alpha value is -0.640. The van der Waals surface area contributed by atoms with E-state index in [9.17, 15) is 0 Å². The van der Waals surface area contributed by atoms with Gasteiger partial charge >= 0.3 is 0 Å². The molecule has 0 bridgehead atoms. The molecule has 0 aliphatic carbocycles. The molecule has 1 unspecified atom stereocenters. The standard InChI is InChI=1S/C13H12BrNS/c14-13-6-5-10(16-13)7-12-11-4-2-1-3-9(11)8-15-12/h1-6,12,15H,7-8H2. The van der Waals surface area contributed by atoms with Gasteiger partial charge in [-0.1, -0.05) is 24.3 Å². The summed E-state index contributed by atoms with van der Waals surface area (Å²) >= 11 is 5.34. The molecular weight excluding hydrogens is 282 g/mol. The Morgan fingerprint density at radius 2 is 2.12 bits per heavy atom. The Morgan fingerprint density at radius 1 is 1.25 bits per heavy atom. The second kappa shape index (κ2) is 4.32. The zero-order chi connectivity index (χ0) is 11.0. The smallest absolute Gasteiger partial charge is 0.0701 e. The Bertz CT molecular complexity index is 506. The minimum Gasteiger partial charge on any atom is -0.306 e. The van der Waals surface area contributed by atoms with Crippen molar-refractivity contribution in [3.05, 3.63) is 56.2 Å². The van der Waals surface area contributed by atoms with Crippen LogP contribution < -0.4 is 5.32 Å². The van der Waals surface area contributed by atoms with E-state index in [0.717, 1.165) is 13.0 Å². The van der Waals surface area contributed by atoms with Gasteiger partial charge in [0.25, 0.3) is 0 Å². The molecular formula is C13H12BrNS. The van der Waals surface area contributed by atoms with Gasteiger partial charge in [-0.3, -0.25) is 0 Å². The van der Waals surface area contributed by atoms with Gasteiger partial charge in [0.15, 0.2) is 0 Å². The van der Waals surface area contributed by atoms with E-state index in [1.54, 1.807) is 0 Å². The van der Waals surface area contributed by atoms with Gasteiger partial charge in [-0.2, -0.15) is 0 Å². The van der Waals surface area contributed by atoms with Crippen LogP contribution in [0.25, 0.3) is 0 Å². The highest BCUT2D eigenvalue weighted by atomic mass is 79.9. The molecule has 1 aromatic heterocycles. The van der Waals surface area contributed by atoms with Crippen molar-refractivity contribution < 1.29 is 0 Å². The summed E-state index contributed by atoms with van der Waals surface area (Å²) in [6.07, 6.45) is 1.09. The van der Waals surface area contributed by atoms with E-state index in [0.29, 0.717) is 6.04 Å². The minimum atomic E-state index is 0.488. The summed E-state index contributed by atoms with van der Waals surface area (Å²) in [7, 11) is 0. The van der Waals surface area contributed by atoms with Crippen molar-refractivity contribution in [3.63, 3.8) is 0 Å². The number of hydrogen-bond donors (Lipinski definition) is 1. The normalized spacial score (nSPS) is 18.7. The third-order valence-corrected chi connectivity index (χ3v) is 4.65. The fourth-order valence-electron chi connectivity index (χ4n) is 2.22. The van der Waals surface area contributed by atoms with Gasteiger partial charge in [0.05, 0.1) is 3.79 Å². The number of halogens is 1. The van der Waals surface area contributed by atoms with E-state index in [-0.39, 0.29) is 0 Å². The van der Waals surface area contributed by atoms with Gasteiger partial charge in [-0.05, 0) is 39.2 Å². The summed E-state index contributed by atoms with van der Waals surface area (Å²) in [6.45, 7) is 1.01. The van der Waals surface area contributed by atoms with Gasteiger partial charge in [0, 0.05) is 23.9 Å². The van der Waals surface area contributed by atoms with Gasteiger partial charge in [0.1, 0.15) is 0 Å². The van der Waals surface area contributed by atoms with Crippen molar-refractivity contribution in [1.82, 2.24) is 5.32 Å². The van der Waals surface area contributed by atoms with Crippen LogP contribution in [0.5, 0.6) is 0 Å². The first-order valence-corrected chi connectivity index (χ1v) is 6.99. The number of thiophene rings is 1. The van der Waals surface area contributed by atoms with Crippen molar-refractivity contribution in [2.45, 2.75) is 19.0 Å². The van der Waals surface area contributed by atoms with Crippen molar-refractivity contribution in [1.29, 1.82) is 0 Å². The van der Waals surface area contributed by atoms with E-state index >= 15 is 0 Å². The van der Waals surface area contributed by atoms with Crippen molar-refractivity contribution in [2.24, 2.45) is 0 Å². The van der Waals surface area contributed by atoms with E-state index in [1.165, 1.54) is 19.8 Å². The Labute approximate surface area is 108 Å². The van der Waals surface area contributed by atoms with Gasteiger partial charge in [-0.25, -0.2) is 0 Å². The molecule has 1 N–H and O–H groups in total. The number of rotatable bonds is 2. The second-order valence-electron chi connectivity index (χ2n) is 4.04. The lowest BCUT2D eigenvalue weighted by molar-refractivity contribution is 0.585. The molecule has 3 heteroatoms. The summed E-state index contributed by atoms with van der Waals surface area (Å²) in [4.78, 5) is 1.43. The number of hydrogen-bond acceptors (Lipinski definition) is 2. The van der Waals surface area contributed by atoms with Crippen LogP contribution in [0, 0.1) is 0 Å². The molecule has 0 spiro atoms. The average molecular weight is 294 g/mol. The van der Waals surface area contributed by atoms with E-state index in [2.05, 4.69) is 57.6 Å². The SMILES string of the molecule is Brc1ccc(CC2NCc3ccccc32)s1. The zero-order valence-electron chi connectivity index (χ0n) is 8.74.